The van der Waals surface area contributed by atoms with Gasteiger partial charge in [0.05, 0.1) is 23.0 Å². The molecule has 174 valence electrons. The number of benzene rings is 1. The summed E-state index contributed by atoms with van der Waals surface area (Å²) < 4.78 is 0. The first-order valence-corrected chi connectivity index (χ1v) is 11.4. The summed E-state index contributed by atoms with van der Waals surface area (Å²) >= 11 is 7.92. The number of aromatic nitrogens is 2. The summed E-state index contributed by atoms with van der Waals surface area (Å²) in [4.78, 5) is 27.5. The number of amides is 1. The third-order valence-electron chi connectivity index (χ3n) is 6.03. The number of piperazine rings is 1. The van der Waals surface area contributed by atoms with Crippen molar-refractivity contribution in [3.63, 3.8) is 0 Å². The van der Waals surface area contributed by atoms with Gasteiger partial charge in [0.1, 0.15) is 0 Å². The average molecular weight is 664 g/mol. The Morgan fingerprint density at radius 3 is 2.61 bits per heavy atom. The van der Waals surface area contributed by atoms with E-state index >= 15 is 0 Å². The number of anilines is 1. The number of nitrogens with zero attached hydrogens (tertiary/aromatic N) is 4. The van der Waals surface area contributed by atoms with E-state index in [-0.39, 0.29) is 62.9 Å². The van der Waals surface area contributed by atoms with E-state index in [1.807, 2.05) is 34.9 Å². The quantitative estimate of drug-likeness (QED) is 0.526. The molecular weight excluding hydrogens is 635 g/mol. The summed E-state index contributed by atoms with van der Waals surface area (Å²) in [6.07, 6.45) is 0.920. The van der Waals surface area contributed by atoms with Crippen molar-refractivity contribution in [3.8, 4) is 0 Å². The van der Waals surface area contributed by atoms with Crippen molar-refractivity contribution >= 4 is 97.2 Å². The van der Waals surface area contributed by atoms with Gasteiger partial charge in [-0.25, -0.2) is 4.98 Å². The minimum atomic E-state index is -0.0122. The second-order valence-corrected chi connectivity index (χ2v) is 9.25. The Morgan fingerprint density at radius 2 is 1.90 bits per heavy atom. The fourth-order valence-corrected chi connectivity index (χ4v) is 5.54. The van der Waals surface area contributed by atoms with Crippen molar-refractivity contribution in [3.05, 3.63) is 23.2 Å². The lowest BCUT2D eigenvalue weighted by molar-refractivity contribution is -0.131. The molecule has 0 aliphatic carbocycles. The van der Waals surface area contributed by atoms with Crippen molar-refractivity contribution in [2.45, 2.75) is 18.5 Å². The van der Waals surface area contributed by atoms with Crippen LogP contribution < -0.4 is 10.2 Å². The van der Waals surface area contributed by atoms with Crippen molar-refractivity contribution < 1.29 is 4.79 Å². The first kappa shape index (κ1) is 27.2. The number of imidazole rings is 1. The largest absolute Gasteiger partial charge is 0.340 e. The number of hydrogen-bond acceptors (Lipinski definition) is 6. The predicted octanol–water partition coefficient (Wildman–Crippen LogP) is 3.34. The van der Waals surface area contributed by atoms with Gasteiger partial charge < -0.3 is 20.1 Å². The van der Waals surface area contributed by atoms with Crippen LogP contribution in [0.4, 0.5) is 5.95 Å². The first-order chi connectivity index (χ1) is 13.7. The molecule has 0 spiro atoms. The number of rotatable bonds is 3. The van der Waals surface area contributed by atoms with E-state index in [4.69, 9.17) is 16.6 Å². The number of carbonyl (C=O) groups is 1. The standard InChI is InChI=1S/C19H25ClN6OS.3BrH/c20-13-1-2-15-16(9-13)23-19(22-15)25-5-3-24(4-6-25)14-10-17(21-11-14)18(27)26-7-8-28-12-26;;;/h1-2,9,14,17,21H,3-8,10-12H2,(H,22,23);3*1H/t14-,17-;;;/m0.../s1. The molecule has 2 atom stereocenters. The van der Waals surface area contributed by atoms with Crippen LogP contribution in [0.5, 0.6) is 0 Å². The molecule has 7 nitrogen and oxygen atoms in total. The number of halogens is 4. The van der Waals surface area contributed by atoms with Crippen LogP contribution in [0.3, 0.4) is 0 Å². The van der Waals surface area contributed by atoms with Crippen LogP contribution in [0, 0.1) is 0 Å². The van der Waals surface area contributed by atoms with Gasteiger partial charge in [0.2, 0.25) is 11.9 Å². The molecule has 0 bridgehead atoms. The van der Waals surface area contributed by atoms with Crippen LogP contribution in [-0.4, -0.2) is 88.7 Å². The lowest BCUT2D eigenvalue weighted by atomic mass is 10.1. The zero-order valence-electron chi connectivity index (χ0n) is 17.0. The summed E-state index contributed by atoms with van der Waals surface area (Å²) in [7, 11) is 0. The van der Waals surface area contributed by atoms with E-state index in [1.165, 1.54) is 0 Å². The average Bonchev–Trinajstić information content (AvgIpc) is 3.47. The summed E-state index contributed by atoms with van der Waals surface area (Å²) in [6.45, 7) is 5.65. The summed E-state index contributed by atoms with van der Waals surface area (Å²) in [6, 6.07) is 6.18. The molecule has 1 amide bonds. The molecule has 1 aromatic heterocycles. The molecule has 0 radical (unpaired) electrons. The molecule has 31 heavy (non-hydrogen) atoms. The Balaban J connectivity index is 0.00000114. The van der Waals surface area contributed by atoms with Crippen LogP contribution in [0.1, 0.15) is 6.42 Å². The highest BCUT2D eigenvalue weighted by Gasteiger charge is 2.36. The molecule has 5 rings (SSSR count). The maximum atomic E-state index is 12.6. The van der Waals surface area contributed by atoms with Crippen LogP contribution in [-0.2, 0) is 4.79 Å². The first-order valence-electron chi connectivity index (χ1n) is 9.91. The molecule has 2 aromatic rings. The van der Waals surface area contributed by atoms with Crippen molar-refractivity contribution in [1.29, 1.82) is 0 Å². The third kappa shape index (κ3) is 5.91. The van der Waals surface area contributed by atoms with Crippen LogP contribution in [0.25, 0.3) is 11.0 Å². The second kappa shape index (κ2) is 11.9. The molecule has 3 aliphatic rings. The summed E-state index contributed by atoms with van der Waals surface area (Å²) in [5, 5.41) is 4.18. The Bertz CT molecular complexity index is 875. The zero-order valence-corrected chi connectivity index (χ0v) is 23.7. The molecule has 1 aromatic carbocycles. The van der Waals surface area contributed by atoms with E-state index in [1.54, 1.807) is 0 Å². The van der Waals surface area contributed by atoms with Crippen LogP contribution >= 0.6 is 74.3 Å². The smallest absolute Gasteiger partial charge is 0.240 e. The molecule has 2 N–H and O–H groups in total. The Labute approximate surface area is 223 Å². The molecular formula is C19H28Br3ClN6OS. The van der Waals surface area contributed by atoms with Gasteiger partial charge in [0.15, 0.2) is 0 Å². The number of aromatic amines is 1. The van der Waals surface area contributed by atoms with Crippen molar-refractivity contribution in [1.82, 2.24) is 25.1 Å². The minimum Gasteiger partial charge on any atom is -0.340 e. The monoisotopic (exact) mass is 660 g/mol. The Kier molecular flexibility index (Phi) is 10.4. The maximum Gasteiger partial charge on any atom is 0.240 e. The van der Waals surface area contributed by atoms with Crippen molar-refractivity contribution in [2.75, 3.05) is 55.8 Å². The molecule has 3 aliphatic heterocycles. The second-order valence-electron chi connectivity index (χ2n) is 7.73. The van der Waals surface area contributed by atoms with Gasteiger partial charge >= 0.3 is 0 Å². The molecule has 12 heteroatoms. The lowest BCUT2D eigenvalue weighted by Crippen LogP contribution is -2.51. The minimum absolute atomic E-state index is 0. The number of thioether (sulfide) groups is 1. The van der Waals surface area contributed by atoms with Gasteiger partial charge in [-0.3, -0.25) is 9.69 Å². The third-order valence-corrected chi connectivity index (χ3v) is 7.23. The SMILES string of the molecule is Br.Br.Br.O=C([C@@H]1C[C@H](N2CCN(c3nc4ccc(Cl)cc4[nH]3)CC2)CN1)N1CCSC1. The highest BCUT2D eigenvalue weighted by Crippen LogP contribution is 2.24. The van der Waals surface area contributed by atoms with E-state index in [0.717, 1.165) is 79.3 Å². The highest BCUT2D eigenvalue weighted by atomic mass is 79.9. The fourth-order valence-electron chi connectivity index (χ4n) is 4.41. The van der Waals surface area contributed by atoms with Gasteiger partial charge in [0.25, 0.3) is 0 Å². The normalized spacial score (nSPS) is 23.9. The topological polar surface area (TPSA) is 67.5 Å². The Morgan fingerprint density at radius 1 is 1.13 bits per heavy atom. The van der Waals surface area contributed by atoms with Gasteiger partial charge in [-0.05, 0) is 24.6 Å². The van der Waals surface area contributed by atoms with E-state index in [2.05, 4.69) is 20.1 Å². The number of carbonyl (C=O) groups excluding carboxylic acids is 1. The van der Waals surface area contributed by atoms with E-state index in [9.17, 15) is 4.79 Å². The van der Waals surface area contributed by atoms with Crippen molar-refractivity contribution in [2.24, 2.45) is 0 Å². The van der Waals surface area contributed by atoms with Gasteiger partial charge in [-0.15, -0.1) is 62.7 Å². The number of fused-ring (bicyclic) bond motifs is 1. The molecule has 4 heterocycles. The molecule has 0 saturated carbocycles. The fraction of sp³-hybridized carbons (Fsp3) is 0.579. The predicted molar refractivity (Wildman–Crippen MR) is 145 cm³/mol. The number of hydrogen-bond donors (Lipinski definition) is 2. The molecule has 3 fully saturated rings. The number of H-pyrrole nitrogens is 1. The van der Waals surface area contributed by atoms with E-state index in [0.29, 0.717) is 6.04 Å². The highest BCUT2D eigenvalue weighted by molar-refractivity contribution is 8.93. The molecule has 0 unspecified atom stereocenters. The zero-order chi connectivity index (χ0) is 19.1. The lowest BCUT2D eigenvalue weighted by Gasteiger charge is -2.37. The van der Waals surface area contributed by atoms with Gasteiger partial charge in [-0.2, -0.15) is 0 Å². The maximum absolute atomic E-state index is 12.6. The van der Waals surface area contributed by atoms with Crippen LogP contribution in [0.15, 0.2) is 18.2 Å². The summed E-state index contributed by atoms with van der Waals surface area (Å²) in [5.41, 5.74) is 1.93. The van der Waals surface area contributed by atoms with Gasteiger partial charge in [0, 0.05) is 56.1 Å². The Hall–Kier alpha value is -0.0400. The molecule has 3 saturated heterocycles. The van der Waals surface area contributed by atoms with E-state index < -0.39 is 0 Å². The number of nitrogens with one attached hydrogen (secondary N) is 2. The van der Waals surface area contributed by atoms with Gasteiger partial charge in [-0.1, -0.05) is 11.6 Å². The van der Waals surface area contributed by atoms with Crippen LogP contribution in [0.2, 0.25) is 5.02 Å². The summed E-state index contributed by atoms with van der Waals surface area (Å²) in [5.74, 6) is 3.12.